The molecule has 2 amide bonds. The van der Waals surface area contributed by atoms with Gasteiger partial charge in [-0.3, -0.25) is 9.59 Å². The maximum atomic E-state index is 12.3. The molecule has 0 spiro atoms. The van der Waals surface area contributed by atoms with Gasteiger partial charge in [-0.2, -0.15) is 0 Å². The Morgan fingerprint density at radius 1 is 1.12 bits per heavy atom. The van der Waals surface area contributed by atoms with E-state index in [0.29, 0.717) is 19.4 Å². The quantitative estimate of drug-likeness (QED) is 0.790. The van der Waals surface area contributed by atoms with Crippen LogP contribution in [0, 0.1) is 0 Å². The van der Waals surface area contributed by atoms with Gasteiger partial charge >= 0.3 is 0 Å². The molecule has 0 aromatic heterocycles. The minimum Gasteiger partial charge on any atom is -0.377 e. The van der Waals surface area contributed by atoms with E-state index in [1.807, 2.05) is 55.9 Å². The highest BCUT2D eigenvalue weighted by molar-refractivity contribution is 5.91. The minimum atomic E-state index is -0.0121. The first-order valence-electron chi connectivity index (χ1n) is 8.73. The molecule has 1 aromatic carbocycles. The Labute approximate surface area is 146 Å². The fourth-order valence-electron chi connectivity index (χ4n) is 2.57. The van der Waals surface area contributed by atoms with E-state index < -0.39 is 0 Å². The summed E-state index contributed by atoms with van der Waals surface area (Å²) in [6, 6.07) is 6.05. The van der Waals surface area contributed by atoms with Crippen molar-refractivity contribution in [3.63, 3.8) is 0 Å². The maximum Gasteiger partial charge on any atom is 0.224 e. The normalized spacial score (nSPS) is 11.8. The lowest BCUT2D eigenvalue weighted by atomic mass is 10.1. The van der Waals surface area contributed by atoms with Gasteiger partial charge in [-0.25, -0.2) is 0 Å². The highest BCUT2D eigenvalue weighted by Gasteiger charge is 2.20. The van der Waals surface area contributed by atoms with Gasteiger partial charge in [0.25, 0.3) is 0 Å². The Morgan fingerprint density at radius 2 is 1.79 bits per heavy atom. The summed E-state index contributed by atoms with van der Waals surface area (Å²) in [7, 11) is 3.97. The Morgan fingerprint density at radius 3 is 2.29 bits per heavy atom. The molecule has 1 N–H and O–H groups in total. The summed E-state index contributed by atoms with van der Waals surface area (Å²) in [5, 5.41) is 2.90. The van der Waals surface area contributed by atoms with E-state index in [2.05, 4.69) is 19.2 Å². The van der Waals surface area contributed by atoms with Crippen molar-refractivity contribution in [2.24, 2.45) is 0 Å². The fourth-order valence-corrected chi connectivity index (χ4v) is 2.57. The van der Waals surface area contributed by atoms with Crippen molar-refractivity contribution >= 4 is 23.2 Å². The Kier molecular flexibility index (Phi) is 7.75. The second-order valence-corrected chi connectivity index (χ2v) is 6.27. The molecule has 1 aromatic rings. The van der Waals surface area contributed by atoms with Gasteiger partial charge in [0, 0.05) is 50.9 Å². The monoisotopic (exact) mass is 333 g/mol. The predicted molar refractivity (Wildman–Crippen MR) is 100 cm³/mol. The van der Waals surface area contributed by atoms with Crippen molar-refractivity contribution < 1.29 is 9.59 Å². The average Bonchev–Trinajstić information content (AvgIpc) is 2.57. The molecule has 0 heterocycles. The van der Waals surface area contributed by atoms with Crippen molar-refractivity contribution in [1.29, 1.82) is 0 Å². The number of anilines is 2. The third kappa shape index (κ3) is 5.25. The molecule has 0 saturated heterocycles. The van der Waals surface area contributed by atoms with Crippen LogP contribution >= 0.6 is 0 Å². The molecule has 5 nitrogen and oxygen atoms in total. The van der Waals surface area contributed by atoms with Gasteiger partial charge in [0.2, 0.25) is 11.8 Å². The van der Waals surface area contributed by atoms with E-state index in [1.165, 1.54) is 0 Å². The van der Waals surface area contributed by atoms with Gasteiger partial charge in [-0.15, -0.1) is 0 Å². The molecule has 5 heteroatoms. The number of amides is 2. The molecule has 0 unspecified atom stereocenters. The van der Waals surface area contributed by atoms with Gasteiger partial charge in [0.1, 0.15) is 0 Å². The zero-order valence-corrected chi connectivity index (χ0v) is 15.8. The molecule has 1 rings (SSSR count). The van der Waals surface area contributed by atoms with Crippen molar-refractivity contribution in [3.8, 4) is 0 Å². The van der Waals surface area contributed by atoms with Crippen molar-refractivity contribution in [1.82, 2.24) is 4.90 Å². The number of nitrogens with one attached hydrogen (secondary N) is 1. The summed E-state index contributed by atoms with van der Waals surface area (Å²) in [6.07, 6.45) is 1.85. The fraction of sp³-hybridized carbons (Fsp3) is 0.579. The van der Waals surface area contributed by atoms with Gasteiger partial charge in [0.05, 0.1) is 0 Å². The molecule has 0 radical (unpaired) electrons. The third-order valence-corrected chi connectivity index (χ3v) is 4.25. The second kappa shape index (κ2) is 9.30. The summed E-state index contributed by atoms with van der Waals surface area (Å²) >= 11 is 0. The van der Waals surface area contributed by atoms with Gasteiger partial charge in [0.15, 0.2) is 0 Å². The van der Waals surface area contributed by atoms with E-state index in [9.17, 15) is 9.59 Å². The van der Waals surface area contributed by atoms with Crippen LogP contribution in [-0.2, 0) is 16.1 Å². The van der Waals surface area contributed by atoms with Gasteiger partial charge < -0.3 is 15.1 Å². The summed E-state index contributed by atoms with van der Waals surface area (Å²) in [4.78, 5) is 28.0. The molecule has 24 heavy (non-hydrogen) atoms. The van der Waals surface area contributed by atoms with E-state index in [1.54, 1.807) is 0 Å². The van der Waals surface area contributed by atoms with Crippen LogP contribution in [-0.4, -0.2) is 36.9 Å². The zero-order chi connectivity index (χ0) is 18.3. The molecular weight excluding hydrogens is 302 g/mol. The largest absolute Gasteiger partial charge is 0.377 e. The number of carbonyl (C=O) groups is 2. The first-order valence-corrected chi connectivity index (χ1v) is 8.73. The average molecular weight is 333 g/mol. The summed E-state index contributed by atoms with van der Waals surface area (Å²) < 4.78 is 0. The van der Waals surface area contributed by atoms with Crippen LogP contribution in [0.4, 0.5) is 11.4 Å². The molecule has 1 atom stereocenters. The zero-order valence-electron chi connectivity index (χ0n) is 15.8. The molecule has 134 valence electrons. The van der Waals surface area contributed by atoms with Crippen LogP contribution in [0.5, 0.6) is 0 Å². The molecule has 0 aliphatic carbocycles. The van der Waals surface area contributed by atoms with Crippen LogP contribution < -0.4 is 10.2 Å². The number of carbonyl (C=O) groups excluding carboxylic acids is 2. The number of rotatable bonds is 8. The van der Waals surface area contributed by atoms with Crippen molar-refractivity contribution in [2.75, 3.05) is 24.3 Å². The molecular formula is C19H31N3O2. The standard InChI is InChI=1S/C19H31N3O2/c1-7-14(4)22(19(24)9-3)13-15-12-16(20-18(23)8-2)10-11-17(15)21(5)6/h10-12,14H,7-9,13H2,1-6H3,(H,20,23)/t14-/m0/s1. The van der Waals surface area contributed by atoms with E-state index in [0.717, 1.165) is 23.4 Å². The van der Waals surface area contributed by atoms with Crippen LogP contribution in [0.3, 0.4) is 0 Å². The molecule has 0 saturated carbocycles. The Hall–Kier alpha value is -2.04. The van der Waals surface area contributed by atoms with Crippen molar-refractivity contribution in [3.05, 3.63) is 23.8 Å². The van der Waals surface area contributed by atoms with Crippen molar-refractivity contribution in [2.45, 2.75) is 59.5 Å². The Balaban J connectivity index is 3.18. The van der Waals surface area contributed by atoms with E-state index >= 15 is 0 Å². The highest BCUT2D eigenvalue weighted by Crippen LogP contribution is 2.26. The lowest BCUT2D eigenvalue weighted by Gasteiger charge is -2.30. The summed E-state index contributed by atoms with van der Waals surface area (Å²) in [6.45, 7) is 8.43. The van der Waals surface area contributed by atoms with E-state index in [-0.39, 0.29) is 17.9 Å². The van der Waals surface area contributed by atoms with Crippen LogP contribution in [0.25, 0.3) is 0 Å². The summed E-state index contributed by atoms with van der Waals surface area (Å²) in [5.41, 5.74) is 2.87. The smallest absolute Gasteiger partial charge is 0.224 e. The minimum absolute atomic E-state index is 0.0121. The topological polar surface area (TPSA) is 52.7 Å². The number of benzene rings is 1. The SMILES string of the molecule is CCC(=O)Nc1ccc(N(C)C)c(CN(C(=O)CC)[C@@H](C)CC)c1. The van der Waals surface area contributed by atoms with Crippen LogP contribution in [0.2, 0.25) is 0 Å². The lowest BCUT2D eigenvalue weighted by Crippen LogP contribution is -2.37. The summed E-state index contributed by atoms with van der Waals surface area (Å²) in [5.74, 6) is 0.138. The number of hydrogen-bond donors (Lipinski definition) is 1. The Bertz CT molecular complexity index is 570. The maximum absolute atomic E-state index is 12.3. The third-order valence-electron chi connectivity index (χ3n) is 4.25. The lowest BCUT2D eigenvalue weighted by molar-refractivity contribution is -0.133. The van der Waals surface area contributed by atoms with Gasteiger partial charge in [-0.1, -0.05) is 20.8 Å². The number of hydrogen-bond acceptors (Lipinski definition) is 3. The molecule has 0 fully saturated rings. The number of nitrogens with zero attached hydrogens (tertiary/aromatic N) is 2. The first kappa shape index (κ1) is 20.0. The van der Waals surface area contributed by atoms with E-state index in [4.69, 9.17) is 0 Å². The molecule has 0 aliphatic heterocycles. The molecule has 0 bridgehead atoms. The predicted octanol–water partition coefficient (Wildman–Crippen LogP) is 3.64. The van der Waals surface area contributed by atoms with Gasteiger partial charge in [-0.05, 0) is 37.1 Å². The highest BCUT2D eigenvalue weighted by atomic mass is 16.2. The first-order chi connectivity index (χ1) is 11.3. The van der Waals surface area contributed by atoms with Crippen LogP contribution in [0.1, 0.15) is 52.5 Å². The second-order valence-electron chi connectivity index (χ2n) is 6.27. The van der Waals surface area contributed by atoms with Crippen LogP contribution in [0.15, 0.2) is 18.2 Å². The molecule has 0 aliphatic rings.